The number of rotatable bonds is 4. The van der Waals surface area contributed by atoms with Crippen molar-refractivity contribution in [3.63, 3.8) is 0 Å². The number of nitrogens with zero attached hydrogens (tertiary/aromatic N) is 3. The number of piperidine rings is 1. The quantitative estimate of drug-likeness (QED) is 0.925. The molecular formula is C17H28N4. The van der Waals surface area contributed by atoms with E-state index in [1.807, 2.05) is 12.4 Å². The summed E-state index contributed by atoms with van der Waals surface area (Å²) >= 11 is 0. The van der Waals surface area contributed by atoms with E-state index in [1.54, 1.807) is 0 Å². The van der Waals surface area contributed by atoms with Gasteiger partial charge in [0, 0.05) is 31.9 Å². The topological polar surface area (TPSA) is 41.1 Å². The minimum atomic E-state index is 0.424. The molecule has 0 radical (unpaired) electrons. The number of nitrogens with one attached hydrogen (secondary N) is 1. The van der Waals surface area contributed by atoms with Crippen LogP contribution in [0.4, 0.5) is 5.82 Å². The van der Waals surface area contributed by atoms with E-state index in [2.05, 4.69) is 36.0 Å². The van der Waals surface area contributed by atoms with Crippen molar-refractivity contribution >= 4 is 5.82 Å². The molecule has 4 heteroatoms. The van der Waals surface area contributed by atoms with Gasteiger partial charge < -0.3 is 10.2 Å². The first kappa shape index (κ1) is 14.8. The van der Waals surface area contributed by atoms with Crippen molar-refractivity contribution in [2.75, 3.05) is 18.0 Å². The van der Waals surface area contributed by atoms with Gasteiger partial charge in [-0.1, -0.05) is 20.8 Å². The second-order valence-corrected chi connectivity index (χ2v) is 7.65. The molecular weight excluding hydrogens is 260 g/mol. The number of anilines is 1. The van der Waals surface area contributed by atoms with Crippen molar-refractivity contribution in [1.82, 2.24) is 15.3 Å². The fourth-order valence-corrected chi connectivity index (χ4v) is 3.14. The van der Waals surface area contributed by atoms with Gasteiger partial charge in [0.1, 0.15) is 5.82 Å². The number of hydrogen-bond acceptors (Lipinski definition) is 4. The van der Waals surface area contributed by atoms with Crippen LogP contribution in [0.1, 0.15) is 52.1 Å². The molecule has 2 aliphatic rings. The predicted octanol–water partition coefficient (Wildman–Crippen LogP) is 2.99. The lowest BCUT2D eigenvalue weighted by molar-refractivity contribution is 0.198. The van der Waals surface area contributed by atoms with Crippen molar-refractivity contribution in [3.8, 4) is 0 Å². The summed E-state index contributed by atoms with van der Waals surface area (Å²) < 4.78 is 0. The van der Waals surface area contributed by atoms with Crippen molar-refractivity contribution in [2.45, 2.75) is 59.0 Å². The Hall–Kier alpha value is -1.16. The maximum Gasteiger partial charge on any atom is 0.147 e. The van der Waals surface area contributed by atoms with Gasteiger partial charge in [0.15, 0.2) is 0 Å². The van der Waals surface area contributed by atoms with Crippen molar-refractivity contribution in [2.24, 2.45) is 11.3 Å². The van der Waals surface area contributed by atoms with Crippen LogP contribution in [0.3, 0.4) is 0 Å². The molecule has 0 spiro atoms. The molecule has 0 aromatic carbocycles. The summed E-state index contributed by atoms with van der Waals surface area (Å²) in [5.74, 6) is 1.87. The highest BCUT2D eigenvalue weighted by molar-refractivity contribution is 5.36. The average Bonchev–Trinajstić information content (AvgIpc) is 3.29. The lowest BCUT2D eigenvalue weighted by Gasteiger charge is -2.39. The summed E-state index contributed by atoms with van der Waals surface area (Å²) in [5.41, 5.74) is 1.49. The highest BCUT2D eigenvalue weighted by Crippen LogP contribution is 2.35. The van der Waals surface area contributed by atoms with Gasteiger partial charge in [-0.05, 0) is 37.0 Å². The van der Waals surface area contributed by atoms with E-state index in [-0.39, 0.29) is 0 Å². The molecule has 21 heavy (non-hydrogen) atoms. The number of hydrogen-bond donors (Lipinski definition) is 1. The maximum atomic E-state index is 4.78. The molecule has 4 nitrogen and oxygen atoms in total. The highest BCUT2D eigenvalue weighted by Gasteiger charge is 2.29. The number of aromatic nitrogens is 2. The summed E-state index contributed by atoms with van der Waals surface area (Å²) in [4.78, 5) is 11.6. The van der Waals surface area contributed by atoms with Gasteiger partial charge in [0.2, 0.25) is 0 Å². The first-order valence-corrected chi connectivity index (χ1v) is 8.31. The zero-order valence-electron chi connectivity index (χ0n) is 13.6. The van der Waals surface area contributed by atoms with Crippen molar-refractivity contribution < 1.29 is 0 Å². The summed E-state index contributed by atoms with van der Waals surface area (Å²) in [6.07, 6.45) is 8.95. The molecule has 1 aromatic heterocycles. The molecule has 3 rings (SSSR count). The van der Waals surface area contributed by atoms with Crippen molar-refractivity contribution in [3.05, 3.63) is 18.1 Å². The van der Waals surface area contributed by atoms with E-state index in [9.17, 15) is 0 Å². The van der Waals surface area contributed by atoms with Gasteiger partial charge in [-0.2, -0.15) is 0 Å². The maximum absolute atomic E-state index is 4.78. The monoisotopic (exact) mass is 288 g/mol. The molecule has 1 aromatic rings. The first-order valence-electron chi connectivity index (χ1n) is 8.31. The van der Waals surface area contributed by atoms with Crippen LogP contribution < -0.4 is 10.2 Å². The average molecular weight is 288 g/mol. The minimum Gasteiger partial charge on any atom is -0.355 e. The molecule has 0 bridgehead atoms. The summed E-state index contributed by atoms with van der Waals surface area (Å²) in [5, 5.41) is 3.51. The Morgan fingerprint density at radius 1 is 1.14 bits per heavy atom. The smallest absolute Gasteiger partial charge is 0.147 e. The molecule has 116 valence electrons. The van der Waals surface area contributed by atoms with Crippen LogP contribution >= 0.6 is 0 Å². The molecule has 1 saturated heterocycles. The Bertz CT molecular complexity index is 468. The van der Waals surface area contributed by atoms with Crippen LogP contribution in [0.15, 0.2) is 12.4 Å². The van der Waals surface area contributed by atoms with Gasteiger partial charge in [0.05, 0.1) is 11.9 Å². The summed E-state index contributed by atoms with van der Waals surface area (Å²) in [6, 6.07) is 0.720. The highest BCUT2D eigenvalue weighted by atomic mass is 15.2. The lowest BCUT2D eigenvalue weighted by atomic mass is 9.75. The molecule has 1 saturated carbocycles. The molecule has 0 atom stereocenters. The third-order valence-electron chi connectivity index (χ3n) is 4.86. The van der Waals surface area contributed by atoms with E-state index in [1.165, 1.54) is 25.7 Å². The summed E-state index contributed by atoms with van der Waals surface area (Å²) in [7, 11) is 0. The van der Waals surface area contributed by atoms with Gasteiger partial charge in [-0.25, -0.2) is 4.98 Å². The van der Waals surface area contributed by atoms with E-state index >= 15 is 0 Å². The molecule has 2 fully saturated rings. The lowest BCUT2D eigenvalue weighted by Crippen LogP contribution is -2.38. The largest absolute Gasteiger partial charge is 0.355 e. The van der Waals surface area contributed by atoms with E-state index in [4.69, 9.17) is 4.98 Å². The summed E-state index contributed by atoms with van der Waals surface area (Å²) in [6.45, 7) is 10.1. The molecule has 2 heterocycles. The van der Waals surface area contributed by atoms with Gasteiger partial charge in [-0.15, -0.1) is 0 Å². The predicted molar refractivity (Wildman–Crippen MR) is 86.3 cm³/mol. The van der Waals surface area contributed by atoms with Crippen LogP contribution in [0, 0.1) is 11.3 Å². The Morgan fingerprint density at radius 3 is 2.48 bits per heavy atom. The van der Waals surface area contributed by atoms with Crippen LogP contribution in [0.5, 0.6) is 0 Å². The molecule has 1 N–H and O–H groups in total. The Balaban J connectivity index is 1.58. The van der Waals surface area contributed by atoms with E-state index in [0.29, 0.717) is 5.41 Å². The SMILES string of the molecule is CC(C)(C)C1CCN(c2cncc(CNC3CC3)n2)CC1. The Kier molecular flexibility index (Phi) is 4.16. The van der Waals surface area contributed by atoms with Gasteiger partial charge in [0.25, 0.3) is 0 Å². The molecule has 0 amide bonds. The third kappa shape index (κ3) is 3.94. The van der Waals surface area contributed by atoms with E-state index < -0.39 is 0 Å². The minimum absolute atomic E-state index is 0.424. The van der Waals surface area contributed by atoms with Crippen LogP contribution in [0.25, 0.3) is 0 Å². The Morgan fingerprint density at radius 2 is 1.86 bits per heavy atom. The zero-order valence-corrected chi connectivity index (χ0v) is 13.6. The molecule has 0 unspecified atom stereocenters. The molecule has 1 aliphatic heterocycles. The molecule has 1 aliphatic carbocycles. The normalized spacial score (nSPS) is 20.8. The first-order chi connectivity index (χ1) is 10.0. The fourth-order valence-electron chi connectivity index (χ4n) is 3.14. The fraction of sp³-hybridized carbons (Fsp3) is 0.765. The zero-order chi connectivity index (χ0) is 14.9. The van der Waals surface area contributed by atoms with Crippen LogP contribution in [-0.4, -0.2) is 29.1 Å². The van der Waals surface area contributed by atoms with Crippen LogP contribution in [-0.2, 0) is 6.54 Å². The van der Waals surface area contributed by atoms with Gasteiger partial charge in [-0.3, -0.25) is 4.98 Å². The van der Waals surface area contributed by atoms with E-state index in [0.717, 1.165) is 43.1 Å². The standard InChI is InChI=1S/C17H28N4/c1-17(2,3)13-6-8-21(9-7-13)16-12-18-10-15(20-16)11-19-14-4-5-14/h10,12-14,19H,4-9,11H2,1-3H3. The third-order valence-corrected chi connectivity index (χ3v) is 4.86. The van der Waals surface area contributed by atoms with Gasteiger partial charge >= 0.3 is 0 Å². The van der Waals surface area contributed by atoms with Crippen LogP contribution in [0.2, 0.25) is 0 Å². The second kappa shape index (κ2) is 5.91. The van der Waals surface area contributed by atoms with Crippen molar-refractivity contribution in [1.29, 1.82) is 0 Å². The Labute approximate surface area is 128 Å². The second-order valence-electron chi connectivity index (χ2n) is 7.65.